The highest BCUT2D eigenvalue weighted by molar-refractivity contribution is 7.89. The SMILES string of the molecule is CC(=O)N1CCOc2cc(S(=O)(=O)N3CCCC3c3ccccc3Cl)ccc21. The number of amides is 1. The molecule has 0 saturated carbocycles. The molecule has 1 unspecified atom stereocenters. The lowest BCUT2D eigenvalue weighted by Crippen LogP contribution is -2.36. The van der Waals surface area contributed by atoms with Crippen LogP contribution in [0.25, 0.3) is 0 Å². The van der Waals surface area contributed by atoms with E-state index in [1.807, 2.05) is 18.2 Å². The van der Waals surface area contributed by atoms with Crippen LogP contribution in [-0.4, -0.2) is 38.3 Å². The molecule has 0 aromatic heterocycles. The van der Waals surface area contributed by atoms with Gasteiger partial charge in [0.25, 0.3) is 0 Å². The molecule has 4 rings (SSSR count). The van der Waals surface area contributed by atoms with Crippen LogP contribution in [0.4, 0.5) is 5.69 Å². The lowest BCUT2D eigenvalue weighted by atomic mass is 10.1. The Morgan fingerprint density at radius 2 is 1.96 bits per heavy atom. The molecule has 2 aromatic rings. The van der Waals surface area contributed by atoms with E-state index in [2.05, 4.69) is 0 Å². The predicted molar refractivity (Wildman–Crippen MR) is 107 cm³/mol. The number of carbonyl (C=O) groups excluding carboxylic acids is 1. The first-order valence-corrected chi connectivity index (χ1v) is 11.0. The Labute approximate surface area is 169 Å². The van der Waals surface area contributed by atoms with Crippen molar-refractivity contribution in [2.45, 2.75) is 30.7 Å². The van der Waals surface area contributed by atoms with Crippen molar-refractivity contribution in [1.29, 1.82) is 0 Å². The Kier molecular flexibility index (Phi) is 5.07. The van der Waals surface area contributed by atoms with Crippen molar-refractivity contribution in [2.75, 3.05) is 24.6 Å². The summed E-state index contributed by atoms with van der Waals surface area (Å²) in [6, 6.07) is 11.8. The van der Waals surface area contributed by atoms with E-state index in [-0.39, 0.29) is 16.8 Å². The van der Waals surface area contributed by atoms with Crippen molar-refractivity contribution in [1.82, 2.24) is 4.31 Å². The molecule has 1 atom stereocenters. The molecule has 0 radical (unpaired) electrons. The van der Waals surface area contributed by atoms with Crippen LogP contribution < -0.4 is 9.64 Å². The number of hydrogen-bond donors (Lipinski definition) is 0. The monoisotopic (exact) mass is 420 g/mol. The maximum absolute atomic E-state index is 13.4. The molecule has 2 aliphatic heterocycles. The normalized spacial score (nSPS) is 19.9. The van der Waals surface area contributed by atoms with E-state index in [4.69, 9.17) is 16.3 Å². The summed E-state index contributed by atoms with van der Waals surface area (Å²) < 4.78 is 33.9. The summed E-state index contributed by atoms with van der Waals surface area (Å²) in [5.41, 5.74) is 1.42. The van der Waals surface area contributed by atoms with Gasteiger partial charge in [0.15, 0.2) is 0 Å². The molecular weight excluding hydrogens is 400 g/mol. The quantitative estimate of drug-likeness (QED) is 0.760. The third kappa shape index (κ3) is 3.27. The zero-order chi connectivity index (χ0) is 19.9. The van der Waals surface area contributed by atoms with Gasteiger partial charge in [0, 0.05) is 24.6 Å². The minimum Gasteiger partial charge on any atom is -0.489 e. The van der Waals surface area contributed by atoms with Crippen molar-refractivity contribution < 1.29 is 17.9 Å². The predicted octanol–water partition coefficient (Wildman–Crippen LogP) is 3.61. The minimum absolute atomic E-state index is 0.0986. The van der Waals surface area contributed by atoms with Gasteiger partial charge in [-0.05, 0) is 36.6 Å². The second kappa shape index (κ2) is 7.39. The van der Waals surface area contributed by atoms with Gasteiger partial charge in [-0.3, -0.25) is 4.79 Å². The first kappa shape index (κ1) is 19.2. The highest BCUT2D eigenvalue weighted by Crippen LogP contribution is 2.41. The Hall–Kier alpha value is -2.09. The smallest absolute Gasteiger partial charge is 0.243 e. The van der Waals surface area contributed by atoms with Gasteiger partial charge in [0.1, 0.15) is 12.4 Å². The van der Waals surface area contributed by atoms with E-state index in [9.17, 15) is 13.2 Å². The third-order valence-electron chi connectivity index (χ3n) is 5.25. The number of halogens is 1. The Morgan fingerprint density at radius 3 is 2.71 bits per heavy atom. The highest BCUT2D eigenvalue weighted by Gasteiger charge is 2.37. The Balaban J connectivity index is 1.70. The molecule has 0 aliphatic carbocycles. The molecule has 6 nitrogen and oxygen atoms in total. The van der Waals surface area contributed by atoms with E-state index < -0.39 is 10.0 Å². The van der Waals surface area contributed by atoms with Crippen LogP contribution in [0.5, 0.6) is 5.75 Å². The number of anilines is 1. The zero-order valence-electron chi connectivity index (χ0n) is 15.5. The first-order valence-electron chi connectivity index (χ1n) is 9.21. The van der Waals surface area contributed by atoms with E-state index in [0.717, 1.165) is 18.4 Å². The summed E-state index contributed by atoms with van der Waals surface area (Å²) in [5.74, 6) is 0.314. The molecule has 0 spiro atoms. The van der Waals surface area contributed by atoms with E-state index in [0.29, 0.717) is 36.2 Å². The average Bonchev–Trinajstić information content (AvgIpc) is 3.17. The molecule has 2 heterocycles. The average molecular weight is 421 g/mol. The van der Waals surface area contributed by atoms with Crippen molar-refractivity contribution in [2.24, 2.45) is 0 Å². The number of hydrogen-bond acceptors (Lipinski definition) is 4. The first-order chi connectivity index (χ1) is 13.4. The topological polar surface area (TPSA) is 66.9 Å². The van der Waals surface area contributed by atoms with Crippen LogP contribution in [0.2, 0.25) is 5.02 Å². The summed E-state index contributed by atoms with van der Waals surface area (Å²) in [6.07, 6.45) is 1.50. The number of carbonyl (C=O) groups is 1. The Morgan fingerprint density at radius 1 is 1.18 bits per heavy atom. The second-order valence-corrected chi connectivity index (χ2v) is 9.24. The van der Waals surface area contributed by atoms with Crippen molar-refractivity contribution in [3.05, 3.63) is 53.1 Å². The van der Waals surface area contributed by atoms with Gasteiger partial charge < -0.3 is 9.64 Å². The summed E-state index contributed by atoms with van der Waals surface area (Å²) in [5, 5.41) is 0.570. The molecule has 2 aliphatic rings. The third-order valence-corrected chi connectivity index (χ3v) is 7.50. The second-order valence-electron chi connectivity index (χ2n) is 6.94. The number of sulfonamides is 1. The molecule has 8 heteroatoms. The molecular formula is C20H21ClN2O4S. The van der Waals surface area contributed by atoms with E-state index in [1.165, 1.54) is 17.3 Å². The number of nitrogens with zero attached hydrogens (tertiary/aromatic N) is 2. The molecule has 1 saturated heterocycles. The van der Waals surface area contributed by atoms with Crippen LogP contribution >= 0.6 is 11.6 Å². The fourth-order valence-electron chi connectivity index (χ4n) is 3.91. The van der Waals surface area contributed by atoms with E-state index in [1.54, 1.807) is 23.1 Å². The van der Waals surface area contributed by atoms with Gasteiger partial charge in [-0.25, -0.2) is 8.42 Å². The van der Waals surface area contributed by atoms with Gasteiger partial charge in [-0.2, -0.15) is 4.31 Å². The van der Waals surface area contributed by atoms with Gasteiger partial charge in [-0.1, -0.05) is 29.8 Å². The van der Waals surface area contributed by atoms with Crippen LogP contribution in [-0.2, 0) is 14.8 Å². The molecule has 28 heavy (non-hydrogen) atoms. The number of benzene rings is 2. The van der Waals surface area contributed by atoms with Gasteiger partial charge >= 0.3 is 0 Å². The van der Waals surface area contributed by atoms with E-state index >= 15 is 0 Å². The molecule has 1 fully saturated rings. The summed E-state index contributed by atoms with van der Waals surface area (Å²) in [4.78, 5) is 13.6. The molecule has 0 N–H and O–H groups in total. The van der Waals surface area contributed by atoms with Crippen molar-refractivity contribution in [3.8, 4) is 5.75 Å². The fourth-order valence-corrected chi connectivity index (χ4v) is 5.86. The standard InChI is InChI=1S/C20H21ClN2O4S/c1-14(24)22-11-12-27-20-13-15(8-9-19(20)22)28(25,26)23-10-4-7-18(23)16-5-2-3-6-17(16)21/h2-3,5-6,8-9,13,18H,4,7,10-12H2,1H3. The largest absolute Gasteiger partial charge is 0.489 e. The molecule has 0 bridgehead atoms. The van der Waals surface area contributed by atoms with Crippen LogP contribution in [0, 0.1) is 0 Å². The van der Waals surface area contributed by atoms with Crippen molar-refractivity contribution >= 4 is 33.2 Å². The number of rotatable bonds is 3. The fraction of sp³-hybridized carbons (Fsp3) is 0.350. The lowest BCUT2D eigenvalue weighted by Gasteiger charge is -2.30. The number of ether oxygens (including phenoxy) is 1. The summed E-state index contributed by atoms with van der Waals surface area (Å²) in [6.45, 7) is 2.71. The lowest BCUT2D eigenvalue weighted by molar-refractivity contribution is -0.116. The maximum Gasteiger partial charge on any atom is 0.243 e. The maximum atomic E-state index is 13.4. The molecule has 2 aromatic carbocycles. The molecule has 148 valence electrons. The highest BCUT2D eigenvalue weighted by atomic mass is 35.5. The van der Waals surface area contributed by atoms with Gasteiger partial charge in [0.2, 0.25) is 15.9 Å². The van der Waals surface area contributed by atoms with Crippen LogP contribution in [0.1, 0.15) is 31.4 Å². The van der Waals surface area contributed by atoms with Gasteiger partial charge in [0.05, 0.1) is 23.2 Å². The minimum atomic E-state index is -3.73. The van der Waals surface area contributed by atoms with Gasteiger partial charge in [-0.15, -0.1) is 0 Å². The summed E-state index contributed by atoms with van der Waals surface area (Å²) >= 11 is 6.33. The number of fused-ring (bicyclic) bond motifs is 1. The van der Waals surface area contributed by atoms with Crippen LogP contribution in [0.15, 0.2) is 47.4 Å². The zero-order valence-corrected chi connectivity index (χ0v) is 17.0. The molecule has 1 amide bonds. The summed E-state index contributed by atoms with van der Waals surface area (Å²) in [7, 11) is -3.73. The van der Waals surface area contributed by atoms with Crippen LogP contribution in [0.3, 0.4) is 0 Å². The Bertz CT molecular complexity index is 1020. The van der Waals surface area contributed by atoms with Crippen molar-refractivity contribution in [3.63, 3.8) is 0 Å².